The first-order valence-corrected chi connectivity index (χ1v) is 9.81. The third kappa shape index (κ3) is 2.11. The van der Waals surface area contributed by atoms with Crippen LogP contribution in [-0.2, 0) is 9.53 Å². The number of carbonyl (C=O) groups excluding carboxylic acids is 1. The minimum atomic E-state index is -0.636. The fraction of sp³-hybridized carbons (Fsp3) is 0.773. The minimum absolute atomic E-state index is 0.0729. The summed E-state index contributed by atoms with van der Waals surface area (Å²) in [5.41, 5.74) is -0.270. The van der Waals surface area contributed by atoms with Crippen molar-refractivity contribution in [2.45, 2.75) is 72.3 Å². The fourth-order valence-electron chi connectivity index (χ4n) is 6.65. The van der Waals surface area contributed by atoms with Crippen LogP contribution < -0.4 is 0 Å². The smallest absolute Gasteiger partial charge is 0.316 e. The van der Waals surface area contributed by atoms with Gasteiger partial charge in [0.2, 0.25) is 0 Å². The number of ether oxygens (including phenoxy) is 1. The van der Waals surface area contributed by atoms with Crippen LogP contribution in [-0.4, -0.2) is 23.8 Å². The normalized spacial score (nSPS) is 49.2. The second kappa shape index (κ2) is 5.70. The molecule has 3 aliphatic carbocycles. The summed E-state index contributed by atoms with van der Waals surface area (Å²) < 4.78 is 5.63. The summed E-state index contributed by atoms with van der Waals surface area (Å²) in [6, 6.07) is 0. The van der Waals surface area contributed by atoms with Gasteiger partial charge in [-0.15, -0.1) is 6.58 Å². The molecule has 0 heterocycles. The average molecular weight is 347 g/mol. The zero-order valence-corrected chi connectivity index (χ0v) is 16.4. The van der Waals surface area contributed by atoms with E-state index in [0.29, 0.717) is 13.0 Å². The van der Waals surface area contributed by atoms with E-state index in [9.17, 15) is 9.90 Å². The maximum absolute atomic E-state index is 13.4. The molecular weight excluding hydrogens is 312 g/mol. The Balaban J connectivity index is 2.22. The highest BCUT2D eigenvalue weighted by molar-refractivity contribution is 5.83. The topological polar surface area (TPSA) is 46.5 Å². The number of aliphatic hydroxyl groups is 1. The van der Waals surface area contributed by atoms with E-state index in [-0.39, 0.29) is 28.1 Å². The van der Waals surface area contributed by atoms with Crippen LogP contribution in [0.1, 0.15) is 66.2 Å². The lowest BCUT2D eigenvalue weighted by atomic mass is 9.34. The van der Waals surface area contributed by atoms with Gasteiger partial charge in [-0.05, 0) is 55.8 Å². The highest BCUT2D eigenvalue weighted by atomic mass is 16.5. The molecule has 2 bridgehead atoms. The van der Waals surface area contributed by atoms with Gasteiger partial charge in [-0.1, -0.05) is 45.4 Å². The monoisotopic (exact) mass is 346 g/mol. The molecule has 3 fully saturated rings. The molecule has 25 heavy (non-hydrogen) atoms. The van der Waals surface area contributed by atoms with Gasteiger partial charge in [0.25, 0.3) is 0 Å². The lowest BCUT2D eigenvalue weighted by Gasteiger charge is -2.68. The van der Waals surface area contributed by atoms with E-state index in [0.717, 1.165) is 37.7 Å². The molecule has 3 nitrogen and oxygen atoms in total. The molecule has 0 aromatic rings. The van der Waals surface area contributed by atoms with Gasteiger partial charge in [-0.2, -0.15) is 0 Å². The van der Waals surface area contributed by atoms with Crippen molar-refractivity contribution in [3.8, 4) is 0 Å². The molecule has 0 spiro atoms. The second-order valence-electron chi connectivity index (χ2n) is 9.32. The van der Waals surface area contributed by atoms with E-state index in [1.807, 2.05) is 13.0 Å². The zero-order valence-electron chi connectivity index (χ0n) is 16.4. The summed E-state index contributed by atoms with van der Waals surface area (Å²) in [4.78, 5) is 13.4. The Hall–Kier alpha value is -1.09. The Bertz CT molecular complexity index is 610. The highest BCUT2D eigenvalue weighted by Gasteiger charge is 2.71. The zero-order chi connectivity index (χ0) is 18.7. The summed E-state index contributed by atoms with van der Waals surface area (Å²) >= 11 is 0. The van der Waals surface area contributed by atoms with Gasteiger partial charge in [0.05, 0.1) is 18.1 Å². The Labute approximate surface area is 152 Å². The molecule has 0 radical (unpaired) electrons. The Morgan fingerprint density at radius 3 is 2.60 bits per heavy atom. The van der Waals surface area contributed by atoms with Gasteiger partial charge in [0.15, 0.2) is 0 Å². The van der Waals surface area contributed by atoms with Crippen LogP contribution in [0.25, 0.3) is 0 Å². The van der Waals surface area contributed by atoms with E-state index in [2.05, 4.69) is 33.9 Å². The van der Waals surface area contributed by atoms with Crippen molar-refractivity contribution >= 4 is 5.97 Å². The molecule has 6 atom stereocenters. The van der Waals surface area contributed by atoms with Crippen LogP contribution in [0.5, 0.6) is 0 Å². The van der Waals surface area contributed by atoms with E-state index < -0.39 is 11.5 Å². The van der Waals surface area contributed by atoms with Gasteiger partial charge < -0.3 is 9.84 Å². The number of hydrogen-bond acceptors (Lipinski definition) is 3. The number of hydrogen-bond donors (Lipinski definition) is 1. The molecular formula is C22H34O3. The Kier molecular flexibility index (Phi) is 4.27. The van der Waals surface area contributed by atoms with E-state index in [1.165, 1.54) is 0 Å². The van der Waals surface area contributed by atoms with E-state index in [1.54, 1.807) is 0 Å². The lowest BCUT2D eigenvalue weighted by molar-refractivity contribution is -0.202. The molecule has 0 aliphatic heterocycles. The quantitative estimate of drug-likeness (QED) is 0.597. The van der Waals surface area contributed by atoms with Crippen LogP contribution in [0, 0.1) is 27.6 Å². The first-order valence-electron chi connectivity index (χ1n) is 9.81. The fourth-order valence-corrected chi connectivity index (χ4v) is 6.65. The number of rotatable bonds is 3. The highest BCUT2D eigenvalue weighted by Crippen LogP contribution is 2.74. The first-order chi connectivity index (χ1) is 11.6. The van der Waals surface area contributed by atoms with Crippen LogP contribution >= 0.6 is 0 Å². The molecule has 0 saturated heterocycles. The van der Waals surface area contributed by atoms with Crippen molar-refractivity contribution in [2.24, 2.45) is 27.6 Å². The second-order valence-corrected chi connectivity index (χ2v) is 9.32. The molecule has 3 saturated carbocycles. The lowest BCUT2D eigenvalue weighted by Crippen LogP contribution is -2.66. The van der Waals surface area contributed by atoms with Crippen LogP contribution in [0.15, 0.2) is 24.8 Å². The molecule has 1 N–H and O–H groups in total. The third-order valence-corrected chi connectivity index (χ3v) is 8.39. The maximum Gasteiger partial charge on any atom is 0.316 e. The molecule has 0 aromatic carbocycles. The molecule has 0 aromatic heterocycles. The predicted octanol–water partition coefficient (Wildman–Crippen LogP) is 4.66. The van der Waals surface area contributed by atoms with Gasteiger partial charge in [0, 0.05) is 5.41 Å². The van der Waals surface area contributed by atoms with E-state index in [4.69, 9.17) is 4.74 Å². The van der Waals surface area contributed by atoms with Crippen LogP contribution in [0.2, 0.25) is 0 Å². The molecule has 1 unspecified atom stereocenters. The largest absolute Gasteiger partial charge is 0.465 e. The molecule has 3 aliphatic rings. The summed E-state index contributed by atoms with van der Waals surface area (Å²) in [6.45, 7) is 17.5. The molecule has 3 heteroatoms. The summed E-state index contributed by atoms with van der Waals surface area (Å²) in [5, 5.41) is 10.8. The van der Waals surface area contributed by atoms with Crippen LogP contribution in [0.4, 0.5) is 0 Å². The molecule has 0 amide bonds. The van der Waals surface area contributed by atoms with Crippen LogP contribution in [0.3, 0.4) is 0 Å². The summed E-state index contributed by atoms with van der Waals surface area (Å²) in [7, 11) is 0. The van der Waals surface area contributed by atoms with Crippen molar-refractivity contribution in [1.82, 2.24) is 0 Å². The number of esters is 1. The molecule has 140 valence electrons. The first kappa shape index (κ1) is 18.7. The van der Waals surface area contributed by atoms with E-state index >= 15 is 0 Å². The Morgan fingerprint density at radius 1 is 1.32 bits per heavy atom. The van der Waals surface area contributed by atoms with Crippen molar-refractivity contribution in [3.63, 3.8) is 0 Å². The third-order valence-electron chi connectivity index (χ3n) is 8.39. The standard InChI is InChI=1S/C22H34O3/c1-7-20(5)16-14-19(4)11-9-12-22(15(19)3,18(24)25-8-2)21(16,6)13-10-17(20)23/h7,16-17,23H,1,3,8-14H2,2,4-6H3/t16?,17-,19+,20-,21-,22+/m0/s1. The van der Waals surface area contributed by atoms with Gasteiger partial charge in [0.1, 0.15) is 0 Å². The van der Waals surface area contributed by atoms with Gasteiger partial charge in [-0.3, -0.25) is 4.79 Å². The summed E-state index contributed by atoms with van der Waals surface area (Å²) in [5.74, 6) is 0.0994. The van der Waals surface area contributed by atoms with Crippen molar-refractivity contribution < 1.29 is 14.6 Å². The SMILES string of the molecule is C=C[C@@]1(C)C2C[C@@]3(C)CCC[C@](C(=O)OCC)(C3=C)[C@@]2(C)CC[C@@H]1O. The molecule has 3 rings (SSSR count). The minimum Gasteiger partial charge on any atom is -0.465 e. The Morgan fingerprint density at radius 2 is 2.00 bits per heavy atom. The number of carbonyl (C=O) groups is 1. The van der Waals surface area contributed by atoms with Crippen molar-refractivity contribution in [2.75, 3.05) is 6.61 Å². The number of aliphatic hydroxyl groups excluding tert-OH is 1. The van der Waals surface area contributed by atoms with Gasteiger partial charge in [-0.25, -0.2) is 0 Å². The van der Waals surface area contributed by atoms with Crippen molar-refractivity contribution in [1.29, 1.82) is 0 Å². The average Bonchev–Trinajstić information content (AvgIpc) is 2.57. The maximum atomic E-state index is 13.4. The van der Waals surface area contributed by atoms with Gasteiger partial charge >= 0.3 is 5.97 Å². The summed E-state index contributed by atoms with van der Waals surface area (Å²) in [6.07, 6.45) is 6.92. The number of fused-ring (bicyclic) bond motifs is 4. The predicted molar refractivity (Wildman–Crippen MR) is 99.9 cm³/mol. The van der Waals surface area contributed by atoms with Crippen molar-refractivity contribution in [3.05, 3.63) is 24.8 Å².